The van der Waals surface area contributed by atoms with Crippen LogP contribution in [0, 0.1) is 0 Å². The average molecular weight is 544 g/mol. The SMILES string of the molecule is CCC1(O)CC(OC2CC(N(C)C)C(O)C(C)O2)c2c(O)c3c(c(O)c2C1O)C(=O)c1cccc(O)c1C3=O. The summed E-state index contributed by atoms with van der Waals surface area (Å²) in [6.45, 7) is 3.32. The number of aliphatic hydroxyl groups excluding tert-OH is 2. The topological polar surface area (TPSA) is 177 Å². The van der Waals surface area contributed by atoms with Crippen molar-refractivity contribution >= 4 is 11.6 Å². The molecule has 11 nitrogen and oxygen atoms in total. The zero-order chi connectivity index (χ0) is 28.5. The molecule has 0 saturated carbocycles. The lowest BCUT2D eigenvalue weighted by Gasteiger charge is -2.45. The predicted molar refractivity (Wildman–Crippen MR) is 136 cm³/mol. The van der Waals surface area contributed by atoms with Crippen molar-refractivity contribution < 1.29 is 49.7 Å². The van der Waals surface area contributed by atoms with Gasteiger partial charge in [-0.05, 0) is 33.5 Å². The first-order valence-corrected chi connectivity index (χ1v) is 12.9. The number of ketones is 2. The number of nitrogens with zero attached hydrogens (tertiary/aromatic N) is 1. The number of aromatic hydroxyl groups is 3. The molecule has 7 atom stereocenters. The summed E-state index contributed by atoms with van der Waals surface area (Å²) < 4.78 is 12.1. The highest BCUT2D eigenvalue weighted by atomic mass is 16.7. The second kappa shape index (κ2) is 9.54. The fourth-order valence-electron chi connectivity index (χ4n) is 6.10. The fraction of sp³-hybridized carbons (Fsp3) is 0.500. The number of ether oxygens (including phenoxy) is 2. The lowest BCUT2D eigenvalue weighted by molar-refractivity contribution is -0.261. The predicted octanol–water partition coefficient (Wildman–Crippen LogP) is 1.64. The Bertz CT molecular complexity index is 1360. The third-order valence-electron chi connectivity index (χ3n) is 8.40. The lowest BCUT2D eigenvalue weighted by Crippen LogP contribution is -2.54. The van der Waals surface area contributed by atoms with E-state index in [-0.39, 0.29) is 47.6 Å². The molecule has 5 rings (SSSR count). The van der Waals surface area contributed by atoms with Gasteiger partial charge in [-0.2, -0.15) is 0 Å². The van der Waals surface area contributed by atoms with Gasteiger partial charge in [0.15, 0.2) is 12.1 Å². The number of aliphatic hydroxyl groups is 3. The second-order valence-corrected chi connectivity index (χ2v) is 10.8. The monoisotopic (exact) mass is 543 g/mol. The Morgan fingerprint density at radius 1 is 1.03 bits per heavy atom. The average Bonchev–Trinajstić information content (AvgIpc) is 2.88. The van der Waals surface area contributed by atoms with Crippen molar-refractivity contribution in [2.24, 2.45) is 0 Å². The number of phenolic OH excluding ortho intramolecular Hbond substituents is 3. The quantitative estimate of drug-likeness (QED) is 0.264. The summed E-state index contributed by atoms with van der Waals surface area (Å²) in [5.41, 5.74) is -3.79. The van der Waals surface area contributed by atoms with Gasteiger partial charge >= 0.3 is 0 Å². The van der Waals surface area contributed by atoms with Crippen molar-refractivity contribution in [1.82, 2.24) is 4.90 Å². The van der Waals surface area contributed by atoms with E-state index >= 15 is 0 Å². The van der Waals surface area contributed by atoms with E-state index in [4.69, 9.17) is 9.47 Å². The van der Waals surface area contributed by atoms with Gasteiger partial charge in [-0.15, -0.1) is 0 Å². The molecular formula is C28H33NO10. The molecule has 0 spiro atoms. The number of phenols is 3. The minimum absolute atomic E-state index is 0.0370. The van der Waals surface area contributed by atoms with E-state index in [2.05, 4.69) is 0 Å². The molecule has 0 aromatic heterocycles. The first-order valence-electron chi connectivity index (χ1n) is 12.9. The van der Waals surface area contributed by atoms with Gasteiger partial charge in [0, 0.05) is 35.6 Å². The van der Waals surface area contributed by atoms with Crippen LogP contribution in [0.15, 0.2) is 18.2 Å². The Hall–Kier alpha value is -3.06. The smallest absolute Gasteiger partial charge is 0.202 e. The third kappa shape index (κ3) is 4.03. The van der Waals surface area contributed by atoms with Gasteiger partial charge < -0.3 is 45.0 Å². The summed E-state index contributed by atoms with van der Waals surface area (Å²) in [4.78, 5) is 28.7. The summed E-state index contributed by atoms with van der Waals surface area (Å²) in [6.07, 6.45) is -5.17. The molecule has 1 saturated heterocycles. The minimum atomic E-state index is -1.81. The van der Waals surface area contributed by atoms with E-state index in [1.807, 2.05) is 4.90 Å². The standard InChI is InChI=1S/C28H33NO10/c1-5-28(37)10-15(39-16-9-13(29(3)4)22(31)11(2)38-16)18-21(27(28)36)26(35)19-20(25(18)34)24(33)17-12(23(19)32)7-6-8-14(17)30/h6-8,11,13,15-16,22,27,30-31,34-37H,5,9-10H2,1-4H3. The van der Waals surface area contributed by atoms with Crippen molar-refractivity contribution in [2.75, 3.05) is 14.1 Å². The normalized spacial score (nSPS) is 32.1. The Morgan fingerprint density at radius 2 is 1.67 bits per heavy atom. The fourth-order valence-corrected chi connectivity index (χ4v) is 6.10. The zero-order valence-electron chi connectivity index (χ0n) is 22.1. The van der Waals surface area contributed by atoms with Gasteiger partial charge in [-0.25, -0.2) is 0 Å². The Balaban J connectivity index is 1.67. The maximum absolute atomic E-state index is 13.5. The van der Waals surface area contributed by atoms with E-state index in [0.717, 1.165) is 0 Å². The summed E-state index contributed by atoms with van der Waals surface area (Å²) >= 11 is 0. The van der Waals surface area contributed by atoms with E-state index in [9.17, 15) is 40.2 Å². The minimum Gasteiger partial charge on any atom is -0.507 e. The molecule has 39 heavy (non-hydrogen) atoms. The summed E-state index contributed by atoms with van der Waals surface area (Å²) in [5, 5.41) is 66.3. The van der Waals surface area contributed by atoms with Crippen molar-refractivity contribution in [3.05, 3.63) is 51.6 Å². The van der Waals surface area contributed by atoms with E-state index < -0.39 is 76.2 Å². The molecular weight excluding hydrogens is 510 g/mol. The maximum atomic E-state index is 13.5. The highest BCUT2D eigenvalue weighted by Crippen LogP contribution is 2.56. The Labute approximate surface area is 224 Å². The number of benzene rings is 2. The van der Waals surface area contributed by atoms with Crippen LogP contribution in [0.25, 0.3) is 0 Å². The number of likely N-dealkylation sites (N-methyl/N-ethyl adjacent to an activating group) is 1. The largest absolute Gasteiger partial charge is 0.507 e. The molecule has 0 amide bonds. The van der Waals surface area contributed by atoms with Crippen LogP contribution in [-0.4, -0.2) is 91.3 Å². The molecule has 1 fully saturated rings. The molecule has 0 radical (unpaired) electrons. The maximum Gasteiger partial charge on any atom is 0.202 e. The molecule has 2 aliphatic carbocycles. The van der Waals surface area contributed by atoms with Crippen molar-refractivity contribution in [3.8, 4) is 17.2 Å². The summed E-state index contributed by atoms with van der Waals surface area (Å²) in [5.74, 6) is -3.61. The number of hydrogen-bond acceptors (Lipinski definition) is 11. The van der Waals surface area contributed by atoms with Crippen LogP contribution in [0.5, 0.6) is 17.2 Å². The first kappa shape index (κ1) is 27.5. The number of fused-ring (bicyclic) bond motifs is 3. The Morgan fingerprint density at radius 3 is 2.31 bits per heavy atom. The second-order valence-electron chi connectivity index (χ2n) is 10.8. The van der Waals surface area contributed by atoms with E-state index in [0.29, 0.717) is 0 Å². The molecule has 7 unspecified atom stereocenters. The van der Waals surface area contributed by atoms with Gasteiger partial charge in [0.2, 0.25) is 5.78 Å². The molecule has 1 aliphatic heterocycles. The summed E-state index contributed by atoms with van der Waals surface area (Å²) in [7, 11) is 3.61. The molecule has 1 heterocycles. The molecule has 0 bridgehead atoms. The van der Waals surface area contributed by atoms with Gasteiger partial charge in [0.1, 0.15) is 23.4 Å². The van der Waals surface area contributed by atoms with Crippen LogP contribution >= 0.6 is 0 Å². The highest BCUT2D eigenvalue weighted by molar-refractivity contribution is 6.31. The first-order chi connectivity index (χ1) is 18.3. The Kier molecular flexibility index (Phi) is 6.73. The van der Waals surface area contributed by atoms with Gasteiger partial charge in [0.25, 0.3) is 0 Å². The van der Waals surface area contributed by atoms with E-state index in [1.54, 1.807) is 27.9 Å². The van der Waals surface area contributed by atoms with Crippen LogP contribution < -0.4 is 0 Å². The van der Waals surface area contributed by atoms with Crippen molar-refractivity contribution in [2.45, 2.75) is 75.5 Å². The van der Waals surface area contributed by atoms with Gasteiger partial charge in [0.05, 0.1) is 40.6 Å². The number of carbonyl (C=O) groups excluding carboxylic acids is 2. The highest BCUT2D eigenvalue weighted by Gasteiger charge is 2.51. The molecule has 2 aromatic rings. The molecule has 11 heteroatoms. The van der Waals surface area contributed by atoms with Crippen LogP contribution in [0.2, 0.25) is 0 Å². The van der Waals surface area contributed by atoms with Crippen LogP contribution in [0.4, 0.5) is 0 Å². The molecule has 6 N–H and O–H groups in total. The van der Waals surface area contributed by atoms with Crippen molar-refractivity contribution in [1.29, 1.82) is 0 Å². The third-order valence-corrected chi connectivity index (χ3v) is 8.40. The number of carbonyl (C=O) groups is 2. The van der Waals surface area contributed by atoms with Crippen LogP contribution in [0.1, 0.15) is 88.3 Å². The van der Waals surface area contributed by atoms with Crippen LogP contribution in [-0.2, 0) is 9.47 Å². The van der Waals surface area contributed by atoms with Gasteiger partial charge in [-0.1, -0.05) is 19.1 Å². The molecule has 3 aliphatic rings. The lowest BCUT2D eigenvalue weighted by atomic mass is 9.70. The zero-order valence-corrected chi connectivity index (χ0v) is 22.1. The molecule has 210 valence electrons. The van der Waals surface area contributed by atoms with Crippen LogP contribution in [0.3, 0.4) is 0 Å². The van der Waals surface area contributed by atoms with Crippen molar-refractivity contribution in [3.63, 3.8) is 0 Å². The number of hydrogen-bond donors (Lipinski definition) is 6. The summed E-state index contributed by atoms with van der Waals surface area (Å²) in [6, 6.07) is 3.59. The van der Waals surface area contributed by atoms with Gasteiger partial charge in [-0.3, -0.25) is 9.59 Å². The molecule has 2 aromatic carbocycles. The van der Waals surface area contributed by atoms with E-state index in [1.165, 1.54) is 18.2 Å². The number of rotatable bonds is 4.